The fourth-order valence-corrected chi connectivity index (χ4v) is 2.40. The van der Waals surface area contributed by atoms with Gasteiger partial charge in [-0.3, -0.25) is 0 Å². The first-order valence-corrected chi connectivity index (χ1v) is 6.75. The van der Waals surface area contributed by atoms with Crippen LogP contribution in [0.4, 0.5) is 10.3 Å². The maximum absolute atomic E-state index is 14.3. The van der Waals surface area contributed by atoms with Gasteiger partial charge in [0.1, 0.15) is 5.82 Å². The molecular weight excluding hydrogens is 285 g/mol. The molecule has 2 N–H and O–H groups in total. The molecule has 0 saturated heterocycles. The lowest BCUT2D eigenvalue weighted by Crippen LogP contribution is -1.95. The minimum absolute atomic E-state index is 0.166. The van der Waals surface area contributed by atoms with E-state index in [0.29, 0.717) is 11.1 Å². The Morgan fingerprint density at radius 2 is 1.62 bits per heavy atom. The number of hydrogen-bond acceptors (Lipinski definition) is 4. The van der Waals surface area contributed by atoms with Crippen molar-refractivity contribution in [1.29, 1.82) is 0 Å². The van der Waals surface area contributed by atoms with E-state index in [-0.39, 0.29) is 11.8 Å². The summed E-state index contributed by atoms with van der Waals surface area (Å²) in [5.74, 6) is -0.169. The van der Waals surface area contributed by atoms with Gasteiger partial charge in [0.15, 0.2) is 0 Å². The molecular formula is C16H12FN3S. The molecule has 0 aliphatic rings. The predicted molar refractivity (Wildman–Crippen MR) is 84.5 cm³/mol. The van der Waals surface area contributed by atoms with Gasteiger partial charge in [-0.2, -0.15) is 0 Å². The first kappa shape index (κ1) is 13.6. The second-order valence-electron chi connectivity index (χ2n) is 4.54. The standard InChI is InChI=1S/C16H12FN3S/c17-14-7-10(13-3-1-2-4-15(13)21)5-6-12(14)11-8-19-16(18)20-9-11/h1-9,21H,(H2,18,19,20). The van der Waals surface area contributed by atoms with Gasteiger partial charge in [-0.1, -0.05) is 30.3 Å². The van der Waals surface area contributed by atoms with Gasteiger partial charge in [0, 0.05) is 28.4 Å². The quantitative estimate of drug-likeness (QED) is 0.707. The zero-order valence-corrected chi connectivity index (χ0v) is 11.9. The van der Waals surface area contributed by atoms with Gasteiger partial charge in [0.25, 0.3) is 0 Å². The van der Waals surface area contributed by atoms with Gasteiger partial charge < -0.3 is 5.73 Å². The summed E-state index contributed by atoms with van der Waals surface area (Å²) in [5, 5.41) is 0. The van der Waals surface area contributed by atoms with Crippen LogP contribution in [0.2, 0.25) is 0 Å². The molecule has 3 nitrogen and oxygen atoms in total. The van der Waals surface area contributed by atoms with Crippen LogP contribution < -0.4 is 5.73 Å². The fourth-order valence-electron chi connectivity index (χ4n) is 2.11. The number of nitrogens with two attached hydrogens (primary N) is 1. The number of rotatable bonds is 2. The van der Waals surface area contributed by atoms with Crippen LogP contribution in [0.25, 0.3) is 22.3 Å². The second kappa shape index (κ2) is 5.54. The number of benzene rings is 2. The predicted octanol–water partition coefficient (Wildman–Crippen LogP) is 3.82. The number of halogens is 1. The molecule has 104 valence electrons. The number of nitrogen functional groups attached to an aromatic ring is 1. The van der Waals surface area contributed by atoms with Crippen molar-refractivity contribution in [3.8, 4) is 22.3 Å². The summed E-state index contributed by atoms with van der Waals surface area (Å²) in [6.07, 6.45) is 3.01. The SMILES string of the molecule is Nc1ncc(-c2ccc(-c3ccccc3S)cc2F)cn1. The molecule has 0 aliphatic heterocycles. The molecule has 5 heteroatoms. The maximum atomic E-state index is 14.3. The van der Waals surface area contributed by atoms with E-state index < -0.39 is 0 Å². The van der Waals surface area contributed by atoms with Gasteiger partial charge in [-0.15, -0.1) is 12.6 Å². The van der Waals surface area contributed by atoms with Crippen molar-refractivity contribution in [3.05, 3.63) is 60.7 Å². The van der Waals surface area contributed by atoms with E-state index in [1.807, 2.05) is 30.3 Å². The monoisotopic (exact) mass is 297 g/mol. The summed E-state index contributed by atoms with van der Waals surface area (Å²) in [5.41, 5.74) is 8.13. The van der Waals surface area contributed by atoms with Crippen LogP contribution in [-0.2, 0) is 0 Å². The zero-order chi connectivity index (χ0) is 14.8. The summed E-state index contributed by atoms with van der Waals surface area (Å²) in [4.78, 5) is 8.56. The lowest BCUT2D eigenvalue weighted by atomic mass is 10.0. The van der Waals surface area contributed by atoms with Crippen molar-refractivity contribution >= 4 is 18.6 Å². The maximum Gasteiger partial charge on any atom is 0.219 e. The molecule has 3 rings (SSSR count). The minimum Gasteiger partial charge on any atom is -0.368 e. The molecule has 0 saturated carbocycles. The van der Waals surface area contributed by atoms with Crippen LogP contribution in [0.15, 0.2) is 59.8 Å². The molecule has 0 aliphatic carbocycles. The van der Waals surface area contributed by atoms with Crippen molar-refractivity contribution < 1.29 is 4.39 Å². The number of anilines is 1. The molecule has 0 atom stereocenters. The van der Waals surface area contributed by atoms with Crippen molar-refractivity contribution in [3.63, 3.8) is 0 Å². The van der Waals surface area contributed by atoms with Gasteiger partial charge in [0.05, 0.1) is 0 Å². The third kappa shape index (κ3) is 2.73. The average Bonchev–Trinajstić information content (AvgIpc) is 2.49. The highest BCUT2D eigenvalue weighted by Gasteiger charge is 2.09. The van der Waals surface area contributed by atoms with Gasteiger partial charge in [0.2, 0.25) is 5.95 Å². The van der Waals surface area contributed by atoms with Gasteiger partial charge >= 0.3 is 0 Å². The summed E-state index contributed by atoms with van der Waals surface area (Å²) >= 11 is 4.39. The Balaban J connectivity index is 2.04. The molecule has 0 unspecified atom stereocenters. The number of thiol groups is 1. The first-order valence-electron chi connectivity index (χ1n) is 6.31. The van der Waals surface area contributed by atoms with Crippen LogP contribution >= 0.6 is 12.6 Å². The molecule has 0 amide bonds. The Bertz CT molecular complexity index is 788. The smallest absolute Gasteiger partial charge is 0.219 e. The highest BCUT2D eigenvalue weighted by molar-refractivity contribution is 7.80. The van der Waals surface area contributed by atoms with Gasteiger partial charge in [-0.05, 0) is 23.3 Å². The van der Waals surface area contributed by atoms with E-state index in [0.717, 1.165) is 16.0 Å². The Morgan fingerprint density at radius 3 is 2.29 bits per heavy atom. The van der Waals surface area contributed by atoms with Crippen LogP contribution in [0, 0.1) is 5.82 Å². The van der Waals surface area contributed by atoms with Crippen LogP contribution in [0.1, 0.15) is 0 Å². The van der Waals surface area contributed by atoms with Crippen molar-refractivity contribution in [2.24, 2.45) is 0 Å². The van der Waals surface area contributed by atoms with E-state index in [9.17, 15) is 4.39 Å². The number of nitrogens with zero attached hydrogens (tertiary/aromatic N) is 2. The molecule has 0 spiro atoms. The van der Waals surface area contributed by atoms with E-state index in [2.05, 4.69) is 22.6 Å². The highest BCUT2D eigenvalue weighted by Crippen LogP contribution is 2.30. The van der Waals surface area contributed by atoms with E-state index in [1.165, 1.54) is 18.5 Å². The molecule has 0 radical (unpaired) electrons. The summed E-state index contributed by atoms with van der Waals surface area (Å²) in [6, 6.07) is 12.6. The molecule has 3 aromatic rings. The molecule has 1 aromatic heterocycles. The largest absolute Gasteiger partial charge is 0.368 e. The number of hydrogen-bond donors (Lipinski definition) is 2. The summed E-state index contributed by atoms with van der Waals surface area (Å²) in [7, 11) is 0. The van der Waals surface area contributed by atoms with Gasteiger partial charge in [-0.25, -0.2) is 14.4 Å². The average molecular weight is 297 g/mol. The Hall–Kier alpha value is -2.40. The fraction of sp³-hybridized carbons (Fsp3) is 0. The zero-order valence-electron chi connectivity index (χ0n) is 11.0. The Morgan fingerprint density at radius 1 is 0.905 bits per heavy atom. The summed E-state index contributed by atoms with van der Waals surface area (Å²) in [6.45, 7) is 0. The van der Waals surface area contributed by atoms with Crippen LogP contribution in [-0.4, -0.2) is 9.97 Å². The summed E-state index contributed by atoms with van der Waals surface area (Å²) < 4.78 is 14.3. The highest BCUT2D eigenvalue weighted by atomic mass is 32.1. The van der Waals surface area contributed by atoms with E-state index in [1.54, 1.807) is 6.07 Å². The molecule has 2 aromatic carbocycles. The number of aromatic nitrogens is 2. The topological polar surface area (TPSA) is 51.8 Å². The molecule has 0 bridgehead atoms. The van der Waals surface area contributed by atoms with Crippen LogP contribution in [0.3, 0.4) is 0 Å². The van der Waals surface area contributed by atoms with Crippen molar-refractivity contribution in [2.45, 2.75) is 4.90 Å². The molecule has 0 fully saturated rings. The Labute approximate surface area is 127 Å². The minimum atomic E-state index is -0.336. The third-order valence-electron chi connectivity index (χ3n) is 3.17. The van der Waals surface area contributed by atoms with Crippen molar-refractivity contribution in [2.75, 3.05) is 5.73 Å². The second-order valence-corrected chi connectivity index (χ2v) is 5.02. The molecule has 21 heavy (non-hydrogen) atoms. The molecule has 1 heterocycles. The van der Waals surface area contributed by atoms with E-state index >= 15 is 0 Å². The first-order chi connectivity index (χ1) is 10.1. The lowest BCUT2D eigenvalue weighted by Gasteiger charge is -2.08. The Kier molecular flexibility index (Phi) is 3.58. The normalized spacial score (nSPS) is 10.6. The van der Waals surface area contributed by atoms with E-state index in [4.69, 9.17) is 5.73 Å². The van der Waals surface area contributed by atoms with Crippen LogP contribution in [0.5, 0.6) is 0 Å². The van der Waals surface area contributed by atoms with Crippen molar-refractivity contribution in [1.82, 2.24) is 9.97 Å². The lowest BCUT2D eigenvalue weighted by molar-refractivity contribution is 0.631. The third-order valence-corrected chi connectivity index (χ3v) is 3.56.